The molecule has 1 saturated heterocycles. The van der Waals surface area contributed by atoms with E-state index in [-0.39, 0.29) is 5.91 Å². The molecule has 0 bridgehead atoms. The molecule has 1 atom stereocenters. The summed E-state index contributed by atoms with van der Waals surface area (Å²) in [4.78, 5) is 28.9. The van der Waals surface area contributed by atoms with Crippen molar-refractivity contribution in [1.82, 2.24) is 34.6 Å². The van der Waals surface area contributed by atoms with Crippen LogP contribution in [0.5, 0.6) is 0 Å². The summed E-state index contributed by atoms with van der Waals surface area (Å²) in [7, 11) is 1.90. The van der Waals surface area contributed by atoms with Crippen LogP contribution >= 0.6 is 0 Å². The monoisotopic (exact) mass is 444 g/mol. The zero-order valence-electron chi connectivity index (χ0n) is 19.2. The van der Waals surface area contributed by atoms with E-state index in [0.717, 1.165) is 29.4 Å². The zero-order valence-corrected chi connectivity index (χ0v) is 19.2. The highest BCUT2D eigenvalue weighted by atomic mass is 16.1. The first-order valence-corrected chi connectivity index (χ1v) is 11.4. The van der Waals surface area contributed by atoms with Crippen molar-refractivity contribution in [1.29, 1.82) is 0 Å². The number of hydrogen-bond acceptors (Lipinski definition) is 6. The third-order valence-electron chi connectivity index (χ3n) is 6.13. The minimum absolute atomic E-state index is 0.154. The van der Waals surface area contributed by atoms with Gasteiger partial charge in [0, 0.05) is 50.3 Å². The van der Waals surface area contributed by atoms with E-state index in [0.29, 0.717) is 35.9 Å². The van der Waals surface area contributed by atoms with Crippen LogP contribution in [0.25, 0.3) is 22.6 Å². The SMILES string of the molecule is CCNC(=O)c1cnc2c(c1)nc(-c1ccc(N3CCCC3C)nc1)n2Cc1ccn(C)n1. The number of carbonyl (C=O) groups is 1. The molecule has 1 aliphatic rings. The number of aryl methyl sites for hydroxylation is 1. The molecule has 5 heterocycles. The lowest BCUT2D eigenvalue weighted by molar-refractivity contribution is 0.0955. The molecule has 5 rings (SSSR count). The molecule has 1 amide bonds. The summed E-state index contributed by atoms with van der Waals surface area (Å²) in [6.07, 6.45) is 7.79. The normalized spacial score (nSPS) is 16.0. The fraction of sp³-hybridized carbons (Fsp3) is 0.375. The third kappa shape index (κ3) is 4.06. The molecular formula is C24H28N8O. The third-order valence-corrected chi connectivity index (χ3v) is 6.13. The van der Waals surface area contributed by atoms with Crippen LogP contribution in [-0.4, -0.2) is 54.3 Å². The number of carbonyl (C=O) groups excluding carboxylic acids is 1. The molecule has 0 saturated carbocycles. The zero-order chi connectivity index (χ0) is 22.9. The average Bonchev–Trinajstić information content (AvgIpc) is 3.53. The van der Waals surface area contributed by atoms with Gasteiger partial charge in [0.15, 0.2) is 5.65 Å². The predicted octanol–water partition coefficient (Wildman–Crippen LogP) is 3.01. The number of nitrogens with zero attached hydrogens (tertiary/aromatic N) is 7. The van der Waals surface area contributed by atoms with Crippen molar-refractivity contribution < 1.29 is 4.79 Å². The lowest BCUT2D eigenvalue weighted by Crippen LogP contribution is -2.26. The summed E-state index contributed by atoms with van der Waals surface area (Å²) in [5, 5.41) is 7.34. The summed E-state index contributed by atoms with van der Waals surface area (Å²) in [6, 6.07) is 8.41. The molecule has 0 aromatic carbocycles. The van der Waals surface area contributed by atoms with E-state index in [2.05, 4.69) is 39.4 Å². The fourth-order valence-corrected chi connectivity index (χ4v) is 4.44. The minimum atomic E-state index is -0.154. The van der Waals surface area contributed by atoms with Gasteiger partial charge in [-0.3, -0.25) is 9.48 Å². The minimum Gasteiger partial charge on any atom is -0.354 e. The molecule has 1 N–H and O–H groups in total. The second-order valence-corrected chi connectivity index (χ2v) is 8.52. The number of fused-ring (bicyclic) bond motifs is 1. The lowest BCUT2D eigenvalue weighted by Gasteiger charge is -2.22. The van der Waals surface area contributed by atoms with Gasteiger partial charge in [0.25, 0.3) is 5.91 Å². The molecule has 1 aliphatic heterocycles. The Morgan fingerprint density at radius 1 is 1.21 bits per heavy atom. The molecular weight excluding hydrogens is 416 g/mol. The van der Waals surface area contributed by atoms with E-state index in [4.69, 9.17) is 9.97 Å². The van der Waals surface area contributed by atoms with Crippen molar-refractivity contribution in [3.63, 3.8) is 0 Å². The highest BCUT2D eigenvalue weighted by molar-refractivity contribution is 5.96. The van der Waals surface area contributed by atoms with Crippen molar-refractivity contribution in [2.45, 2.75) is 39.3 Å². The van der Waals surface area contributed by atoms with Crippen LogP contribution in [0.15, 0.2) is 42.9 Å². The molecule has 1 unspecified atom stereocenters. The van der Waals surface area contributed by atoms with Crippen molar-refractivity contribution >= 4 is 22.9 Å². The maximum absolute atomic E-state index is 12.3. The molecule has 0 spiro atoms. The standard InChI is InChI=1S/C24H28N8O/c1-4-25-24(33)18-12-20-23(27-14-18)32(15-19-9-11-30(3)29-19)22(28-20)17-7-8-21(26-13-17)31-10-5-6-16(31)2/h7-9,11-14,16H,4-6,10,15H2,1-3H3,(H,25,33). The Kier molecular flexibility index (Phi) is 5.53. The highest BCUT2D eigenvalue weighted by Gasteiger charge is 2.22. The van der Waals surface area contributed by atoms with Gasteiger partial charge < -0.3 is 14.8 Å². The quantitative estimate of drug-likeness (QED) is 0.491. The summed E-state index contributed by atoms with van der Waals surface area (Å²) in [5.41, 5.74) is 3.68. The molecule has 33 heavy (non-hydrogen) atoms. The molecule has 9 nitrogen and oxygen atoms in total. The summed E-state index contributed by atoms with van der Waals surface area (Å²) in [5.74, 6) is 1.59. The van der Waals surface area contributed by atoms with E-state index >= 15 is 0 Å². The van der Waals surface area contributed by atoms with Gasteiger partial charge in [0.05, 0.1) is 17.8 Å². The number of aromatic nitrogens is 6. The Morgan fingerprint density at radius 2 is 2.09 bits per heavy atom. The van der Waals surface area contributed by atoms with Crippen molar-refractivity contribution in [2.24, 2.45) is 7.05 Å². The van der Waals surface area contributed by atoms with Gasteiger partial charge in [0.1, 0.15) is 17.2 Å². The largest absolute Gasteiger partial charge is 0.354 e. The number of hydrogen-bond donors (Lipinski definition) is 1. The topological polar surface area (TPSA) is 93.8 Å². The Hall–Kier alpha value is -3.75. The molecule has 4 aromatic rings. The van der Waals surface area contributed by atoms with Crippen LogP contribution in [0.2, 0.25) is 0 Å². The molecule has 1 fully saturated rings. The number of anilines is 1. The number of amides is 1. The predicted molar refractivity (Wildman–Crippen MR) is 127 cm³/mol. The average molecular weight is 445 g/mol. The van der Waals surface area contributed by atoms with Crippen molar-refractivity contribution in [2.75, 3.05) is 18.0 Å². The first-order valence-electron chi connectivity index (χ1n) is 11.4. The summed E-state index contributed by atoms with van der Waals surface area (Å²) < 4.78 is 3.82. The van der Waals surface area contributed by atoms with Gasteiger partial charge >= 0.3 is 0 Å². The first-order chi connectivity index (χ1) is 16.0. The molecule has 9 heteroatoms. The van der Waals surface area contributed by atoms with Gasteiger partial charge in [-0.05, 0) is 51.0 Å². The second kappa shape index (κ2) is 8.65. The summed E-state index contributed by atoms with van der Waals surface area (Å²) >= 11 is 0. The lowest BCUT2D eigenvalue weighted by atomic mass is 10.2. The fourth-order valence-electron chi connectivity index (χ4n) is 4.44. The summed E-state index contributed by atoms with van der Waals surface area (Å²) in [6.45, 7) is 6.25. The maximum Gasteiger partial charge on any atom is 0.252 e. The Morgan fingerprint density at radius 3 is 2.76 bits per heavy atom. The maximum atomic E-state index is 12.3. The van der Waals surface area contributed by atoms with Crippen LogP contribution in [0, 0.1) is 0 Å². The Labute approximate surface area is 192 Å². The van der Waals surface area contributed by atoms with E-state index in [1.807, 2.05) is 37.0 Å². The number of imidazole rings is 1. The molecule has 0 radical (unpaired) electrons. The van der Waals surface area contributed by atoms with Crippen LogP contribution < -0.4 is 10.2 Å². The Bertz CT molecular complexity index is 1290. The number of rotatable bonds is 6. The second-order valence-electron chi connectivity index (χ2n) is 8.52. The van der Waals surface area contributed by atoms with Gasteiger partial charge in [-0.2, -0.15) is 5.10 Å². The van der Waals surface area contributed by atoms with Gasteiger partial charge in [-0.1, -0.05) is 0 Å². The van der Waals surface area contributed by atoms with E-state index in [9.17, 15) is 4.79 Å². The Balaban J connectivity index is 1.56. The van der Waals surface area contributed by atoms with E-state index in [1.54, 1.807) is 16.9 Å². The van der Waals surface area contributed by atoms with Gasteiger partial charge in [-0.25, -0.2) is 15.0 Å². The van der Waals surface area contributed by atoms with Crippen molar-refractivity contribution in [3.8, 4) is 11.4 Å². The molecule has 4 aromatic heterocycles. The first kappa shape index (κ1) is 21.1. The van der Waals surface area contributed by atoms with E-state index in [1.165, 1.54) is 12.8 Å². The number of pyridine rings is 2. The highest BCUT2D eigenvalue weighted by Crippen LogP contribution is 2.28. The van der Waals surface area contributed by atoms with Crippen LogP contribution in [0.3, 0.4) is 0 Å². The van der Waals surface area contributed by atoms with Crippen molar-refractivity contribution in [3.05, 3.63) is 54.1 Å². The van der Waals surface area contributed by atoms with Crippen LogP contribution in [0.1, 0.15) is 42.7 Å². The molecule has 0 aliphatic carbocycles. The van der Waals surface area contributed by atoms with Crippen LogP contribution in [-0.2, 0) is 13.6 Å². The van der Waals surface area contributed by atoms with Gasteiger partial charge in [0.2, 0.25) is 0 Å². The van der Waals surface area contributed by atoms with Crippen LogP contribution in [0.4, 0.5) is 5.82 Å². The van der Waals surface area contributed by atoms with E-state index < -0.39 is 0 Å². The van der Waals surface area contributed by atoms with Gasteiger partial charge in [-0.15, -0.1) is 0 Å². The smallest absolute Gasteiger partial charge is 0.252 e. The molecule has 170 valence electrons. The number of nitrogens with one attached hydrogen (secondary N) is 1.